The fourth-order valence-corrected chi connectivity index (χ4v) is 2.11. The third kappa shape index (κ3) is 3.80. The van der Waals surface area contributed by atoms with E-state index in [0.717, 1.165) is 32.2 Å². The normalized spacial score (nSPS) is 25.5. The second kappa shape index (κ2) is 6.08. The lowest BCUT2D eigenvalue weighted by Crippen LogP contribution is -2.33. The maximum absolute atomic E-state index is 11.9. The highest BCUT2D eigenvalue weighted by Gasteiger charge is 2.29. The van der Waals surface area contributed by atoms with E-state index in [9.17, 15) is 4.79 Å². The Bertz CT molecular complexity index is 209. The smallest absolute Gasteiger partial charge is 0.225 e. The van der Waals surface area contributed by atoms with Gasteiger partial charge in [0.25, 0.3) is 0 Å². The molecule has 1 aliphatic carbocycles. The fourth-order valence-electron chi connectivity index (χ4n) is 2.11. The van der Waals surface area contributed by atoms with Gasteiger partial charge in [0.2, 0.25) is 5.91 Å². The number of hydrogen-bond acceptors (Lipinski definition) is 3. The SMILES string of the molecule is COCCCN(C)C(=O)C1CCC(N)C1. The molecule has 1 rings (SSSR count). The number of rotatable bonds is 5. The molecule has 2 unspecified atom stereocenters. The van der Waals surface area contributed by atoms with Gasteiger partial charge in [-0.2, -0.15) is 0 Å². The van der Waals surface area contributed by atoms with Crippen molar-refractivity contribution in [3.63, 3.8) is 0 Å². The zero-order valence-electron chi connectivity index (χ0n) is 9.74. The van der Waals surface area contributed by atoms with Crippen molar-refractivity contribution in [3.8, 4) is 0 Å². The zero-order chi connectivity index (χ0) is 11.3. The maximum Gasteiger partial charge on any atom is 0.225 e. The van der Waals surface area contributed by atoms with E-state index in [1.807, 2.05) is 11.9 Å². The summed E-state index contributed by atoms with van der Waals surface area (Å²) in [5.74, 6) is 0.409. The molecule has 4 heteroatoms. The van der Waals surface area contributed by atoms with Crippen LogP contribution in [-0.2, 0) is 9.53 Å². The van der Waals surface area contributed by atoms with Gasteiger partial charge in [-0.15, -0.1) is 0 Å². The first-order valence-corrected chi connectivity index (χ1v) is 5.64. The van der Waals surface area contributed by atoms with Gasteiger partial charge in [-0.1, -0.05) is 0 Å². The third-order valence-corrected chi connectivity index (χ3v) is 3.04. The number of carbonyl (C=O) groups excluding carboxylic acids is 1. The van der Waals surface area contributed by atoms with Crippen molar-refractivity contribution in [2.75, 3.05) is 27.3 Å². The van der Waals surface area contributed by atoms with Crippen LogP contribution in [0.3, 0.4) is 0 Å². The van der Waals surface area contributed by atoms with Crippen LogP contribution >= 0.6 is 0 Å². The van der Waals surface area contributed by atoms with E-state index >= 15 is 0 Å². The highest BCUT2D eigenvalue weighted by molar-refractivity contribution is 5.78. The van der Waals surface area contributed by atoms with Crippen LogP contribution in [0.1, 0.15) is 25.7 Å². The molecular weight excluding hydrogens is 192 g/mol. The summed E-state index contributed by atoms with van der Waals surface area (Å²) in [4.78, 5) is 13.7. The van der Waals surface area contributed by atoms with Crippen molar-refractivity contribution in [1.82, 2.24) is 4.90 Å². The molecule has 1 aliphatic rings. The number of carbonyl (C=O) groups is 1. The largest absolute Gasteiger partial charge is 0.385 e. The lowest BCUT2D eigenvalue weighted by molar-refractivity contribution is -0.134. The predicted molar refractivity (Wildman–Crippen MR) is 59.4 cm³/mol. The van der Waals surface area contributed by atoms with Gasteiger partial charge in [-0.25, -0.2) is 0 Å². The molecule has 0 bridgehead atoms. The van der Waals surface area contributed by atoms with Crippen molar-refractivity contribution < 1.29 is 9.53 Å². The number of nitrogens with two attached hydrogens (primary N) is 1. The molecule has 0 heterocycles. The standard InChI is InChI=1S/C11H22N2O2/c1-13(6-3-7-15-2)11(14)9-4-5-10(12)8-9/h9-10H,3-8,12H2,1-2H3. The van der Waals surface area contributed by atoms with Gasteiger partial charge in [-0.05, 0) is 25.7 Å². The summed E-state index contributed by atoms with van der Waals surface area (Å²) < 4.78 is 4.96. The second-order valence-corrected chi connectivity index (χ2v) is 4.38. The number of methoxy groups -OCH3 is 1. The minimum atomic E-state index is 0.160. The van der Waals surface area contributed by atoms with Crippen LogP contribution in [0.25, 0.3) is 0 Å². The van der Waals surface area contributed by atoms with E-state index < -0.39 is 0 Å². The van der Waals surface area contributed by atoms with Crippen LogP contribution in [0.5, 0.6) is 0 Å². The molecule has 4 nitrogen and oxygen atoms in total. The number of nitrogens with zero attached hydrogens (tertiary/aromatic N) is 1. The first kappa shape index (κ1) is 12.5. The van der Waals surface area contributed by atoms with Gasteiger partial charge in [0.15, 0.2) is 0 Å². The topological polar surface area (TPSA) is 55.6 Å². The average Bonchev–Trinajstić information content (AvgIpc) is 2.64. The monoisotopic (exact) mass is 214 g/mol. The molecule has 0 aromatic heterocycles. The minimum Gasteiger partial charge on any atom is -0.385 e. The van der Waals surface area contributed by atoms with Gasteiger partial charge in [0.05, 0.1) is 0 Å². The summed E-state index contributed by atoms with van der Waals surface area (Å²) in [5, 5.41) is 0. The molecule has 15 heavy (non-hydrogen) atoms. The molecule has 0 aromatic rings. The summed E-state index contributed by atoms with van der Waals surface area (Å²) in [5.41, 5.74) is 5.79. The molecule has 1 fully saturated rings. The zero-order valence-corrected chi connectivity index (χ0v) is 9.74. The molecule has 2 atom stereocenters. The molecule has 0 spiro atoms. The van der Waals surface area contributed by atoms with Crippen LogP contribution in [0.2, 0.25) is 0 Å². The van der Waals surface area contributed by atoms with E-state index in [1.165, 1.54) is 0 Å². The lowest BCUT2D eigenvalue weighted by Gasteiger charge is -2.20. The molecule has 0 aliphatic heterocycles. The van der Waals surface area contributed by atoms with Gasteiger partial charge in [0, 0.05) is 39.3 Å². The Labute approximate surface area is 91.8 Å². The maximum atomic E-state index is 11.9. The molecule has 0 radical (unpaired) electrons. The number of ether oxygens (including phenoxy) is 1. The van der Waals surface area contributed by atoms with Crippen molar-refractivity contribution in [2.24, 2.45) is 11.7 Å². The Morgan fingerprint density at radius 1 is 1.53 bits per heavy atom. The van der Waals surface area contributed by atoms with Crippen LogP contribution < -0.4 is 5.73 Å². The van der Waals surface area contributed by atoms with E-state index in [-0.39, 0.29) is 17.9 Å². The summed E-state index contributed by atoms with van der Waals surface area (Å²) in [7, 11) is 3.54. The average molecular weight is 214 g/mol. The van der Waals surface area contributed by atoms with Crippen LogP contribution in [-0.4, -0.2) is 44.2 Å². The Kier molecular flexibility index (Phi) is 5.05. The summed E-state index contributed by atoms with van der Waals surface area (Å²) in [6, 6.07) is 0.228. The third-order valence-electron chi connectivity index (χ3n) is 3.04. The Balaban J connectivity index is 2.26. The van der Waals surface area contributed by atoms with Crippen molar-refractivity contribution >= 4 is 5.91 Å². The number of hydrogen-bond donors (Lipinski definition) is 1. The van der Waals surface area contributed by atoms with Crippen molar-refractivity contribution in [3.05, 3.63) is 0 Å². The predicted octanol–water partition coefficient (Wildman–Crippen LogP) is 0.609. The van der Waals surface area contributed by atoms with Gasteiger partial charge >= 0.3 is 0 Å². The Hall–Kier alpha value is -0.610. The van der Waals surface area contributed by atoms with Crippen molar-refractivity contribution in [1.29, 1.82) is 0 Å². The van der Waals surface area contributed by atoms with Crippen LogP contribution in [0.4, 0.5) is 0 Å². The molecule has 1 saturated carbocycles. The van der Waals surface area contributed by atoms with E-state index in [0.29, 0.717) is 6.61 Å². The molecule has 2 N–H and O–H groups in total. The Morgan fingerprint density at radius 3 is 2.80 bits per heavy atom. The quantitative estimate of drug-likeness (QED) is 0.682. The van der Waals surface area contributed by atoms with Crippen LogP contribution in [0.15, 0.2) is 0 Å². The minimum absolute atomic E-state index is 0.160. The fraction of sp³-hybridized carbons (Fsp3) is 0.909. The Morgan fingerprint density at radius 2 is 2.27 bits per heavy atom. The lowest BCUT2D eigenvalue weighted by atomic mass is 10.1. The van der Waals surface area contributed by atoms with E-state index in [2.05, 4.69) is 0 Å². The first-order valence-electron chi connectivity index (χ1n) is 5.64. The first-order chi connectivity index (χ1) is 7.15. The highest BCUT2D eigenvalue weighted by Crippen LogP contribution is 2.25. The van der Waals surface area contributed by atoms with Crippen molar-refractivity contribution in [2.45, 2.75) is 31.7 Å². The second-order valence-electron chi connectivity index (χ2n) is 4.38. The highest BCUT2D eigenvalue weighted by atomic mass is 16.5. The van der Waals surface area contributed by atoms with E-state index in [4.69, 9.17) is 10.5 Å². The summed E-state index contributed by atoms with van der Waals surface area (Å²) in [6.07, 6.45) is 3.70. The van der Waals surface area contributed by atoms with Gasteiger partial charge < -0.3 is 15.4 Å². The molecule has 1 amide bonds. The summed E-state index contributed by atoms with van der Waals surface area (Å²) in [6.45, 7) is 1.49. The molecule has 88 valence electrons. The molecular formula is C11H22N2O2. The molecule has 0 aromatic carbocycles. The van der Waals surface area contributed by atoms with Gasteiger partial charge in [0.1, 0.15) is 0 Å². The van der Waals surface area contributed by atoms with Crippen LogP contribution in [0, 0.1) is 5.92 Å². The van der Waals surface area contributed by atoms with Gasteiger partial charge in [-0.3, -0.25) is 4.79 Å². The molecule has 0 saturated heterocycles. The number of amides is 1. The summed E-state index contributed by atoms with van der Waals surface area (Å²) >= 11 is 0. The van der Waals surface area contributed by atoms with E-state index in [1.54, 1.807) is 7.11 Å².